The molecule has 0 atom stereocenters. The Morgan fingerprint density at radius 1 is 1.03 bits per heavy atom. The van der Waals surface area contributed by atoms with Gasteiger partial charge in [0.2, 0.25) is 0 Å². The molecule has 1 aromatic heterocycles. The Balaban J connectivity index is 1.85. The lowest BCUT2D eigenvalue weighted by molar-refractivity contribution is 0.167. The van der Waals surface area contributed by atoms with Gasteiger partial charge in [-0.15, -0.1) is 0 Å². The lowest BCUT2D eigenvalue weighted by atomic mass is 9.96. The molecule has 0 aliphatic carbocycles. The molecule has 0 amide bonds. The van der Waals surface area contributed by atoms with Crippen LogP contribution in [0.5, 0.6) is 11.5 Å². The molecule has 1 heterocycles. The first kappa shape index (κ1) is 20.1. The van der Waals surface area contributed by atoms with Crippen molar-refractivity contribution in [3.8, 4) is 11.5 Å². The average molecular weight is 405 g/mol. The van der Waals surface area contributed by atoms with Crippen molar-refractivity contribution in [2.45, 2.75) is 27.3 Å². The molecule has 3 aromatic carbocycles. The summed E-state index contributed by atoms with van der Waals surface area (Å²) in [6.07, 6.45) is 0. The Hall–Kier alpha value is -3.18. The summed E-state index contributed by atoms with van der Waals surface area (Å²) in [5, 5.41) is 25.7. The number of allylic oxidation sites excluding steroid dienone is 1. The molecule has 5 nitrogen and oxygen atoms in total. The third-order valence-corrected chi connectivity index (χ3v) is 5.70. The lowest BCUT2D eigenvalue weighted by Crippen LogP contribution is -2.22. The number of fused-ring (bicyclic) bond motifs is 5. The van der Waals surface area contributed by atoms with Crippen LogP contribution < -0.4 is 0 Å². The smallest absolute Gasteiger partial charge is 0.169 e. The molecule has 30 heavy (non-hydrogen) atoms. The van der Waals surface area contributed by atoms with E-state index in [2.05, 4.69) is 11.5 Å². The fourth-order valence-electron chi connectivity index (χ4n) is 4.08. The van der Waals surface area contributed by atoms with Gasteiger partial charge in [0.1, 0.15) is 18.0 Å². The molecule has 4 rings (SSSR count). The molecule has 0 saturated carbocycles. The van der Waals surface area contributed by atoms with E-state index < -0.39 is 0 Å². The van der Waals surface area contributed by atoms with Crippen molar-refractivity contribution in [3.05, 3.63) is 59.6 Å². The Labute approximate surface area is 175 Å². The molecule has 0 fully saturated rings. The molecule has 0 saturated heterocycles. The van der Waals surface area contributed by atoms with Crippen LogP contribution in [0.1, 0.15) is 23.8 Å². The second-order valence-electron chi connectivity index (χ2n) is 8.00. The highest BCUT2D eigenvalue weighted by Crippen LogP contribution is 2.47. The number of furan rings is 1. The van der Waals surface area contributed by atoms with Gasteiger partial charge in [-0.2, -0.15) is 0 Å². The summed E-state index contributed by atoms with van der Waals surface area (Å²) in [5.74, 6) is 1.21. The SMILES string of the molecule is C=C(C)OCCN(C)Cc1oc2c(c1C)c(O)c(O)c1c3cccc(C)c3ccc21. The number of aromatic hydroxyl groups is 2. The lowest BCUT2D eigenvalue weighted by Gasteiger charge is -2.16. The number of benzene rings is 3. The molecule has 0 unspecified atom stereocenters. The molecule has 2 N–H and O–H groups in total. The Morgan fingerprint density at radius 3 is 2.47 bits per heavy atom. The number of hydrogen-bond acceptors (Lipinski definition) is 5. The fraction of sp³-hybridized carbons (Fsp3) is 0.280. The van der Waals surface area contributed by atoms with Crippen LogP contribution in [0.25, 0.3) is 32.5 Å². The van der Waals surface area contributed by atoms with Gasteiger partial charge >= 0.3 is 0 Å². The minimum absolute atomic E-state index is 0.104. The second-order valence-corrected chi connectivity index (χ2v) is 8.00. The van der Waals surface area contributed by atoms with Crippen LogP contribution in [0.15, 0.2) is 47.1 Å². The second kappa shape index (κ2) is 7.58. The number of phenols is 2. The zero-order valence-electron chi connectivity index (χ0n) is 17.9. The predicted molar refractivity (Wildman–Crippen MR) is 121 cm³/mol. The highest BCUT2D eigenvalue weighted by molar-refractivity contribution is 6.21. The van der Waals surface area contributed by atoms with E-state index in [1.54, 1.807) is 0 Å². The molecule has 156 valence electrons. The van der Waals surface area contributed by atoms with Gasteiger partial charge in [0.05, 0.1) is 17.7 Å². The summed E-state index contributed by atoms with van der Waals surface area (Å²) < 4.78 is 11.7. The van der Waals surface area contributed by atoms with Gasteiger partial charge in [0.15, 0.2) is 11.5 Å². The van der Waals surface area contributed by atoms with Crippen LogP contribution >= 0.6 is 0 Å². The topological polar surface area (TPSA) is 66.1 Å². The molecule has 0 aliphatic heterocycles. The third kappa shape index (κ3) is 3.25. The number of likely N-dealkylation sites (N-methyl/N-ethyl adjacent to an activating group) is 1. The number of aryl methyl sites for hydroxylation is 2. The van der Waals surface area contributed by atoms with E-state index in [-0.39, 0.29) is 11.5 Å². The summed E-state index contributed by atoms with van der Waals surface area (Å²) in [6.45, 7) is 11.3. The number of hydrogen-bond donors (Lipinski definition) is 2. The molecule has 5 heteroatoms. The molecular formula is C25H27NO4. The minimum atomic E-state index is -0.132. The summed E-state index contributed by atoms with van der Waals surface area (Å²) in [7, 11) is 1.99. The largest absolute Gasteiger partial charge is 0.504 e. The van der Waals surface area contributed by atoms with E-state index in [4.69, 9.17) is 9.15 Å². The zero-order chi connectivity index (χ0) is 21.6. The Kier molecular flexibility index (Phi) is 5.08. The van der Waals surface area contributed by atoms with Crippen LogP contribution in [0.2, 0.25) is 0 Å². The first-order valence-electron chi connectivity index (χ1n) is 10.0. The Morgan fingerprint density at radius 2 is 1.73 bits per heavy atom. The number of phenolic OH excluding ortho intramolecular Hbond substituents is 2. The van der Waals surface area contributed by atoms with Gasteiger partial charge in [-0.25, -0.2) is 0 Å². The molecule has 0 spiro atoms. The van der Waals surface area contributed by atoms with Crippen molar-refractivity contribution in [3.63, 3.8) is 0 Å². The first-order valence-corrected chi connectivity index (χ1v) is 10.0. The van der Waals surface area contributed by atoms with E-state index >= 15 is 0 Å². The quantitative estimate of drug-likeness (QED) is 0.243. The average Bonchev–Trinajstić information content (AvgIpc) is 3.02. The van der Waals surface area contributed by atoms with Crippen molar-refractivity contribution in [1.82, 2.24) is 4.90 Å². The fourth-order valence-corrected chi connectivity index (χ4v) is 4.08. The first-order chi connectivity index (χ1) is 14.3. The molecule has 0 aliphatic rings. The standard InChI is InChI=1S/C25H27NO4/c1-14(2)29-12-11-26(5)13-20-16(4)21-23(27)24(28)22-18-8-6-7-15(3)17(18)9-10-19(22)25(21)30-20/h6-10,27-28H,1,11-13H2,2-5H3. The highest BCUT2D eigenvalue weighted by atomic mass is 16.5. The van der Waals surface area contributed by atoms with Crippen molar-refractivity contribution in [2.75, 3.05) is 20.2 Å². The zero-order valence-corrected chi connectivity index (χ0v) is 17.9. The van der Waals surface area contributed by atoms with E-state index in [1.165, 1.54) is 0 Å². The van der Waals surface area contributed by atoms with Crippen LogP contribution in [-0.2, 0) is 11.3 Å². The van der Waals surface area contributed by atoms with Crippen LogP contribution in [-0.4, -0.2) is 35.3 Å². The molecular weight excluding hydrogens is 378 g/mol. The monoisotopic (exact) mass is 405 g/mol. The summed E-state index contributed by atoms with van der Waals surface area (Å²) in [5.41, 5.74) is 2.54. The Bertz CT molecular complexity index is 1290. The van der Waals surface area contributed by atoms with Crippen LogP contribution in [0.4, 0.5) is 0 Å². The number of rotatable bonds is 6. The van der Waals surface area contributed by atoms with Crippen molar-refractivity contribution < 1.29 is 19.4 Å². The molecule has 0 bridgehead atoms. The molecule has 0 radical (unpaired) electrons. The van der Waals surface area contributed by atoms with Gasteiger partial charge in [-0.1, -0.05) is 30.8 Å². The van der Waals surface area contributed by atoms with E-state index in [9.17, 15) is 10.2 Å². The van der Waals surface area contributed by atoms with Crippen molar-refractivity contribution in [1.29, 1.82) is 0 Å². The summed E-state index contributed by atoms with van der Waals surface area (Å²) in [6, 6.07) is 9.96. The third-order valence-electron chi connectivity index (χ3n) is 5.70. The van der Waals surface area contributed by atoms with Gasteiger partial charge in [0.25, 0.3) is 0 Å². The van der Waals surface area contributed by atoms with Crippen molar-refractivity contribution in [2.24, 2.45) is 0 Å². The van der Waals surface area contributed by atoms with Crippen LogP contribution in [0, 0.1) is 13.8 Å². The summed E-state index contributed by atoms with van der Waals surface area (Å²) >= 11 is 0. The molecule has 4 aromatic rings. The van der Waals surface area contributed by atoms with Crippen molar-refractivity contribution >= 4 is 32.5 Å². The van der Waals surface area contributed by atoms with E-state index in [1.807, 2.05) is 58.2 Å². The van der Waals surface area contributed by atoms with E-state index in [0.29, 0.717) is 41.8 Å². The predicted octanol–water partition coefficient (Wildman–Crippen LogP) is 5.75. The summed E-state index contributed by atoms with van der Waals surface area (Å²) in [4.78, 5) is 2.09. The van der Waals surface area contributed by atoms with Gasteiger partial charge in [-0.3, -0.25) is 4.90 Å². The van der Waals surface area contributed by atoms with Gasteiger partial charge in [-0.05, 0) is 50.2 Å². The normalized spacial score (nSPS) is 11.8. The maximum absolute atomic E-state index is 10.9. The minimum Gasteiger partial charge on any atom is -0.504 e. The maximum Gasteiger partial charge on any atom is 0.169 e. The van der Waals surface area contributed by atoms with Gasteiger partial charge < -0.3 is 19.4 Å². The van der Waals surface area contributed by atoms with E-state index in [0.717, 1.165) is 33.0 Å². The van der Waals surface area contributed by atoms with Crippen LogP contribution in [0.3, 0.4) is 0 Å². The van der Waals surface area contributed by atoms with Gasteiger partial charge in [0, 0.05) is 22.9 Å². The number of ether oxygens (including phenoxy) is 1. The highest BCUT2D eigenvalue weighted by Gasteiger charge is 2.23. The maximum atomic E-state index is 10.9. The number of nitrogens with zero attached hydrogens (tertiary/aromatic N) is 1.